The number of hydrogen-bond acceptors (Lipinski definition) is 4. The third-order valence-corrected chi connectivity index (χ3v) is 4.05. The van der Waals surface area contributed by atoms with E-state index in [1.165, 1.54) is 6.07 Å². The largest absolute Gasteiger partial charge is 0.273 e. The Balaban J connectivity index is 1.81. The molecule has 0 fully saturated rings. The van der Waals surface area contributed by atoms with Gasteiger partial charge < -0.3 is 0 Å². The first kappa shape index (κ1) is 16.0. The molecule has 0 aliphatic rings. The second-order valence-corrected chi connectivity index (χ2v) is 6.06. The molecule has 0 amide bonds. The zero-order valence-corrected chi connectivity index (χ0v) is 14.5. The van der Waals surface area contributed by atoms with E-state index < -0.39 is 0 Å². The molecule has 0 saturated heterocycles. The number of fused-ring (bicyclic) bond motifs is 1. The number of rotatable bonds is 3. The lowest BCUT2D eigenvalue weighted by Crippen LogP contribution is -2.20. The Hall–Kier alpha value is -3.54. The summed E-state index contributed by atoms with van der Waals surface area (Å²) in [5, 5.41) is 0. The van der Waals surface area contributed by atoms with Crippen LogP contribution in [0.25, 0.3) is 23.5 Å². The maximum Gasteiger partial charge on any atom is 0.273 e. The monoisotopic (exact) mass is 343 g/mol. The van der Waals surface area contributed by atoms with Crippen LogP contribution in [0.1, 0.15) is 22.6 Å². The van der Waals surface area contributed by atoms with Gasteiger partial charge in [-0.15, -0.1) is 0 Å². The fourth-order valence-corrected chi connectivity index (χ4v) is 2.85. The molecule has 0 aliphatic heterocycles. The van der Waals surface area contributed by atoms with Crippen molar-refractivity contribution in [2.45, 2.75) is 13.8 Å². The maximum absolute atomic E-state index is 12.7. The Morgan fingerprint density at radius 1 is 1.00 bits per heavy atom. The third-order valence-electron chi connectivity index (χ3n) is 4.05. The first-order valence-corrected chi connectivity index (χ1v) is 8.26. The van der Waals surface area contributed by atoms with E-state index >= 15 is 0 Å². The van der Waals surface area contributed by atoms with Crippen molar-refractivity contribution in [3.8, 4) is 5.69 Å². The molecule has 0 unspecified atom stereocenters. The summed E-state index contributed by atoms with van der Waals surface area (Å²) >= 11 is 0. The smallest absolute Gasteiger partial charge is 0.267 e. The standard InChI is InChI=1S/C20H17N5O/c1-14-13-24(18-7-4-10-21-12-18)25-19(26)11-17(23-20(14)25)9-8-16-6-3-5-15(2)22-16/h3-13H,1-2H3/b9-8+. The first-order valence-electron chi connectivity index (χ1n) is 8.26. The van der Waals surface area contributed by atoms with E-state index in [4.69, 9.17) is 0 Å². The molecular weight excluding hydrogens is 326 g/mol. The summed E-state index contributed by atoms with van der Waals surface area (Å²) in [5.74, 6) is 0. The molecule has 4 aromatic rings. The van der Waals surface area contributed by atoms with E-state index in [1.807, 2.05) is 62.5 Å². The predicted octanol–water partition coefficient (Wildman–Crippen LogP) is 3.06. The number of pyridine rings is 2. The van der Waals surface area contributed by atoms with Crippen LogP contribution in [-0.2, 0) is 0 Å². The summed E-state index contributed by atoms with van der Waals surface area (Å²) in [6.45, 7) is 3.88. The van der Waals surface area contributed by atoms with Crippen LogP contribution >= 0.6 is 0 Å². The van der Waals surface area contributed by atoms with E-state index in [2.05, 4.69) is 15.0 Å². The SMILES string of the molecule is Cc1cccc(/C=C/c2cc(=O)n3c(n2)c(C)cn3-c2cccnc2)n1. The Morgan fingerprint density at radius 3 is 2.62 bits per heavy atom. The summed E-state index contributed by atoms with van der Waals surface area (Å²) in [4.78, 5) is 25.9. The van der Waals surface area contributed by atoms with Crippen molar-refractivity contribution >= 4 is 17.8 Å². The second kappa shape index (κ2) is 6.40. The molecule has 4 heterocycles. The fourth-order valence-electron chi connectivity index (χ4n) is 2.85. The normalized spacial score (nSPS) is 11.5. The molecule has 0 aromatic carbocycles. The zero-order valence-electron chi connectivity index (χ0n) is 14.5. The maximum atomic E-state index is 12.7. The predicted molar refractivity (Wildman–Crippen MR) is 101 cm³/mol. The minimum Gasteiger partial charge on any atom is -0.267 e. The van der Waals surface area contributed by atoms with Crippen molar-refractivity contribution in [1.29, 1.82) is 0 Å². The van der Waals surface area contributed by atoms with Crippen LogP contribution in [0.15, 0.2) is 59.8 Å². The fraction of sp³-hybridized carbons (Fsp3) is 0.100. The van der Waals surface area contributed by atoms with Crippen LogP contribution in [0.2, 0.25) is 0 Å². The van der Waals surface area contributed by atoms with Gasteiger partial charge in [0.1, 0.15) is 0 Å². The van der Waals surface area contributed by atoms with Gasteiger partial charge in [0.2, 0.25) is 0 Å². The number of aromatic nitrogens is 5. The van der Waals surface area contributed by atoms with Gasteiger partial charge in [-0.2, -0.15) is 4.52 Å². The number of hydrogen-bond donors (Lipinski definition) is 0. The van der Waals surface area contributed by atoms with E-state index in [9.17, 15) is 4.79 Å². The van der Waals surface area contributed by atoms with Crippen LogP contribution in [0.3, 0.4) is 0 Å². The van der Waals surface area contributed by atoms with Crippen molar-refractivity contribution in [2.75, 3.05) is 0 Å². The molecule has 128 valence electrons. The minimum atomic E-state index is -0.149. The van der Waals surface area contributed by atoms with Gasteiger partial charge in [0.15, 0.2) is 5.65 Å². The molecule has 0 bridgehead atoms. The van der Waals surface area contributed by atoms with Gasteiger partial charge in [-0.25, -0.2) is 4.98 Å². The highest BCUT2D eigenvalue weighted by Crippen LogP contribution is 2.14. The molecule has 4 rings (SSSR count). The van der Waals surface area contributed by atoms with E-state index in [-0.39, 0.29) is 5.56 Å². The molecule has 0 aliphatic carbocycles. The molecule has 0 radical (unpaired) electrons. The van der Waals surface area contributed by atoms with Crippen molar-refractivity contribution < 1.29 is 0 Å². The van der Waals surface area contributed by atoms with Gasteiger partial charge >= 0.3 is 0 Å². The zero-order chi connectivity index (χ0) is 18.1. The molecule has 0 saturated carbocycles. The number of nitrogens with zero attached hydrogens (tertiary/aromatic N) is 5. The van der Waals surface area contributed by atoms with Gasteiger partial charge in [-0.05, 0) is 50.3 Å². The summed E-state index contributed by atoms with van der Waals surface area (Å²) in [6.07, 6.45) is 8.97. The van der Waals surface area contributed by atoms with E-state index in [0.29, 0.717) is 11.3 Å². The Morgan fingerprint density at radius 2 is 1.85 bits per heavy atom. The molecule has 0 atom stereocenters. The lowest BCUT2D eigenvalue weighted by atomic mass is 10.2. The molecule has 0 N–H and O–H groups in total. The lowest BCUT2D eigenvalue weighted by Gasteiger charge is -2.05. The van der Waals surface area contributed by atoms with Gasteiger partial charge in [-0.3, -0.25) is 19.4 Å². The lowest BCUT2D eigenvalue weighted by molar-refractivity contribution is 0.760. The van der Waals surface area contributed by atoms with Gasteiger partial charge in [0.05, 0.1) is 23.3 Å². The highest BCUT2D eigenvalue weighted by molar-refractivity contribution is 5.67. The molecule has 6 heteroatoms. The second-order valence-electron chi connectivity index (χ2n) is 6.06. The molecular formula is C20H17N5O. The quantitative estimate of drug-likeness (QED) is 0.573. The van der Waals surface area contributed by atoms with Crippen LogP contribution < -0.4 is 5.56 Å². The first-order chi connectivity index (χ1) is 12.6. The summed E-state index contributed by atoms with van der Waals surface area (Å²) in [7, 11) is 0. The Kier molecular flexibility index (Phi) is 3.93. The van der Waals surface area contributed by atoms with E-state index in [1.54, 1.807) is 21.6 Å². The average molecular weight is 343 g/mol. The van der Waals surface area contributed by atoms with Crippen LogP contribution in [0.5, 0.6) is 0 Å². The highest BCUT2D eigenvalue weighted by atomic mass is 16.1. The molecule has 4 aromatic heterocycles. The van der Waals surface area contributed by atoms with Crippen molar-refractivity contribution in [1.82, 2.24) is 24.1 Å². The Labute approximate surface area is 150 Å². The van der Waals surface area contributed by atoms with Gasteiger partial charge in [-0.1, -0.05) is 6.07 Å². The van der Waals surface area contributed by atoms with Crippen LogP contribution in [0.4, 0.5) is 0 Å². The topological polar surface area (TPSA) is 65.1 Å². The third kappa shape index (κ3) is 2.93. The summed E-state index contributed by atoms with van der Waals surface area (Å²) < 4.78 is 3.32. The van der Waals surface area contributed by atoms with Crippen molar-refractivity contribution in [2.24, 2.45) is 0 Å². The number of aryl methyl sites for hydroxylation is 2. The van der Waals surface area contributed by atoms with Crippen LogP contribution in [0, 0.1) is 13.8 Å². The average Bonchev–Trinajstić information content (AvgIpc) is 2.98. The van der Waals surface area contributed by atoms with E-state index in [0.717, 1.165) is 22.6 Å². The van der Waals surface area contributed by atoms with Crippen molar-refractivity contribution in [3.63, 3.8) is 0 Å². The summed E-state index contributed by atoms with van der Waals surface area (Å²) in [6, 6.07) is 11.1. The van der Waals surface area contributed by atoms with Crippen LogP contribution in [-0.4, -0.2) is 24.1 Å². The molecule has 0 spiro atoms. The minimum absolute atomic E-state index is 0.149. The van der Waals surface area contributed by atoms with Gasteiger partial charge in [0.25, 0.3) is 5.56 Å². The summed E-state index contributed by atoms with van der Waals surface area (Å²) in [5.41, 5.74) is 4.57. The van der Waals surface area contributed by atoms with Crippen molar-refractivity contribution in [3.05, 3.63) is 88.0 Å². The molecule has 26 heavy (non-hydrogen) atoms. The molecule has 6 nitrogen and oxygen atoms in total. The Bertz CT molecular complexity index is 1170. The van der Waals surface area contributed by atoms with Gasteiger partial charge in [0, 0.05) is 29.7 Å². The highest BCUT2D eigenvalue weighted by Gasteiger charge is 2.11.